The van der Waals surface area contributed by atoms with Crippen molar-refractivity contribution in [2.24, 2.45) is 11.8 Å². The van der Waals surface area contributed by atoms with E-state index >= 15 is 0 Å². The van der Waals surface area contributed by atoms with Crippen LogP contribution in [-0.4, -0.2) is 36.1 Å². The second-order valence-corrected chi connectivity index (χ2v) is 6.69. The van der Waals surface area contributed by atoms with Crippen molar-refractivity contribution in [2.75, 3.05) is 13.1 Å². The third kappa shape index (κ3) is 3.48. The predicted octanol–water partition coefficient (Wildman–Crippen LogP) is 3.27. The first-order chi connectivity index (χ1) is 8.65. The summed E-state index contributed by atoms with van der Waals surface area (Å²) in [6.45, 7) is 11.9. The van der Waals surface area contributed by atoms with Crippen LogP contribution in [0, 0.1) is 11.8 Å². The Hall–Kier alpha value is -0.0800. The fourth-order valence-corrected chi connectivity index (χ4v) is 3.36. The third-order valence-electron chi connectivity index (χ3n) is 5.22. The van der Waals surface area contributed by atoms with Crippen LogP contribution in [0.1, 0.15) is 59.8 Å². The monoisotopic (exact) mass is 252 g/mol. The van der Waals surface area contributed by atoms with Gasteiger partial charge in [0.2, 0.25) is 0 Å². The highest BCUT2D eigenvalue weighted by molar-refractivity contribution is 4.91. The number of hydrogen-bond donors (Lipinski definition) is 1. The number of piperazine rings is 1. The molecule has 1 heterocycles. The first-order valence-corrected chi connectivity index (χ1v) is 8.14. The van der Waals surface area contributed by atoms with Crippen LogP contribution in [0.2, 0.25) is 0 Å². The van der Waals surface area contributed by atoms with E-state index in [0.29, 0.717) is 12.1 Å². The van der Waals surface area contributed by atoms with Gasteiger partial charge >= 0.3 is 0 Å². The van der Waals surface area contributed by atoms with Crippen LogP contribution >= 0.6 is 0 Å². The quantitative estimate of drug-likeness (QED) is 0.780. The molecule has 2 aliphatic rings. The van der Waals surface area contributed by atoms with Crippen molar-refractivity contribution < 1.29 is 0 Å². The molecule has 1 aliphatic heterocycles. The molecule has 0 spiro atoms. The van der Waals surface area contributed by atoms with Crippen molar-refractivity contribution in [3.8, 4) is 0 Å². The van der Waals surface area contributed by atoms with E-state index in [1.54, 1.807) is 0 Å². The van der Waals surface area contributed by atoms with Crippen LogP contribution in [0.15, 0.2) is 0 Å². The molecule has 2 heteroatoms. The van der Waals surface area contributed by atoms with Crippen molar-refractivity contribution in [3.05, 3.63) is 0 Å². The van der Waals surface area contributed by atoms with Crippen LogP contribution in [0.3, 0.4) is 0 Å². The molecule has 1 saturated heterocycles. The van der Waals surface area contributed by atoms with E-state index in [1.165, 1.54) is 45.2 Å². The van der Waals surface area contributed by atoms with Crippen LogP contribution in [0.4, 0.5) is 0 Å². The van der Waals surface area contributed by atoms with Crippen molar-refractivity contribution >= 4 is 0 Å². The number of nitrogens with zero attached hydrogens (tertiary/aromatic N) is 1. The summed E-state index contributed by atoms with van der Waals surface area (Å²) in [7, 11) is 0. The smallest absolute Gasteiger partial charge is 0.0221 e. The molecule has 0 aromatic heterocycles. The van der Waals surface area contributed by atoms with Gasteiger partial charge in [0.1, 0.15) is 0 Å². The van der Waals surface area contributed by atoms with Gasteiger partial charge in [0, 0.05) is 31.2 Å². The second kappa shape index (κ2) is 6.38. The number of rotatable bonds is 6. The summed E-state index contributed by atoms with van der Waals surface area (Å²) in [5, 5.41) is 3.76. The van der Waals surface area contributed by atoms with Gasteiger partial charge in [-0.3, -0.25) is 4.90 Å². The summed E-state index contributed by atoms with van der Waals surface area (Å²) >= 11 is 0. The lowest BCUT2D eigenvalue weighted by molar-refractivity contribution is 0.0662. The van der Waals surface area contributed by atoms with Gasteiger partial charge in [-0.05, 0) is 31.6 Å². The molecule has 1 N–H and O–H groups in total. The van der Waals surface area contributed by atoms with Crippen LogP contribution < -0.4 is 5.32 Å². The molecule has 4 atom stereocenters. The summed E-state index contributed by atoms with van der Waals surface area (Å²) in [4.78, 5) is 2.81. The molecule has 0 bridgehead atoms. The molecule has 2 fully saturated rings. The maximum Gasteiger partial charge on any atom is 0.0221 e. The zero-order valence-electron chi connectivity index (χ0n) is 12.8. The van der Waals surface area contributed by atoms with Gasteiger partial charge in [-0.2, -0.15) is 0 Å². The highest BCUT2D eigenvalue weighted by Gasteiger charge is 2.34. The summed E-state index contributed by atoms with van der Waals surface area (Å²) in [5.41, 5.74) is 0. The summed E-state index contributed by atoms with van der Waals surface area (Å²) < 4.78 is 0. The van der Waals surface area contributed by atoms with E-state index in [4.69, 9.17) is 0 Å². The predicted molar refractivity (Wildman–Crippen MR) is 78.8 cm³/mol. The Kier molecular flexibility index (Phi) is 5.08. The highest BCUT2D eigenvalue weighted by atomic mass is 15.3. The molecule has 0 aromatic rings. The van der Waals surface area contributed by atoms with E-state index in [9.17, 15) is 0 Å². The van der Waals surface area contributed by atoms with Gasteiger partial charge in [0.15, 0.2) is 0 Å². The minimum Gasteiger partial charge on any atom is -0.311 e. The lowest BCUT2D eigenvalue weighted by Crippen LogP contribution is -2.60. The zero-order chi connectivity index (χ0) is 13.1. The minimum atomic E-state index is 0.708. The lowest BCUT2D eigenvalue weighted by atomic mass is 9.93. The van der Waals surface area contributed by atoms with E-state index in [2.05, 4.69) is 37.9 Å². The largest absolute Gasteiger partial charge is 0.311 e. The van der Waals surface area contributed by atoms with E-state index in [0.717, 1.165) is 17.9 Å². The highest BCUT2D eigenvalue weighted by Crippen LogP contribution is 2.36. The molecule has 18 heavy (non-hydrogen) atoms. The maximum atomic E-state index is 3.76. The van der Waals surface area contributed by atoms with Crippen molar-refractivity contribution in [2.45, 2.75) is 77.9 Å². The Morgan fingerprint density at radius 2 is 1.94 bits per heavy atom. The molecule has 106 valence electrons. The van der Waals surface area contributed by atoms with Crippen LogP contribution in [-0.2, 0) is 0 Å². The SMILES string of the molecule is CCC(C)C1CN(C(CC)CC2CC2)C(C)CN1. The average Bonchev–Trinajstić information content (AvgIpc) is 3.20. The molecule has 0 radical (unpaired) electrons. The number of nitrogens with one attached hydrogen (secondary N) is 1. The van der Waals surface area contributed by atoms with E-state index in [1.807, 2.05) is 0 Å². The van der Waals surface area contributed by atoms with E-state index < -0.39 is 0 Å². The van der Waals surface area contributed by atoms with Crippen LogP contribution in [0.5, 0.6) is 0 Å². The normalized spacial score (nSPS) is 33.3. The Morgan fingerprint density at radius 1 is 1.22 bits per heavy atom. The van der Waals surface area contributed by atoms with Crippen molar-refractivity contribution in [1.29, 1.82) is 0 Å². The number of hydrogen-bond acceptors (Lipinski definition) is 2. The molecule has 4 unspecified atom stereocenters. The molecule has 0 aromatic carbocycles. The maximum absolute atomic E-state index is 3.76. The topological polar surface area (TPSA) is 15.3 Å². The summed E-state index contributed by atoms with van der Waals surface area (Å²) in [6.07, 6.45) is 7.05. The second-order valence-electron chi connectivity index (χ2n) is 6.69. The Labute approximate surface area is 114 Å². The summed E-state index contributed by atoms with van der Waals surface area (Å²) in [5.74, 6) is 1.86. The molecular formula is C16H32N2. The molecule has 0 amide bonds. The molecular weight excluding hydrogens is 220 g/mol. The first kappa shape index (κ1) is 14.3. The molecule has 1 saturated carbocycles. The van der Waals surface area contributed by atoms with Gasteiger partial charge < -0.3 is 5.32 Å². The van der Waals surface area contributed by atoms with Gasteiger partial charge in [-0.15, -0.1) is 0 Å². The molecule has 2 nitrogen and oxygen atoms in total. The van der Waals surface area contributed by atoms with Gasteiger partial charge in [-0.1, -0.05) is 40.0 Å². The van der Waals surface area contributed by atoms with Crippen molar-refractivity contribution in [1.82, 2.24) is 10.2 Å². The standard InChI is InChI=1S/C16H32N2/c1-5-12(3)16-11-18(13(4)10-17-16)15(6-2)9-14-7-8-14/h12-17H,5-11H2,1-4H3. The average molecular weight is 252 g/mol. The van der Waals surface area contributed by atoms with Gasteiger partial charge in [0.05, 0.1) is 0 Å². The van der Waals surface area contributed by atoms with Crippen molar-refractivity contribution in [3.63, 3.8) is 0 Å². The fourth-order valence-electron chi connectivity index (χ4n) is 3.36. The molecule has 2 rings (SSSR count). The Bertz CT molecular complexity index is 249. The fraction of sp³-hybridized carbons (Fsp3) is 1.00. The minimum absolute atomic E-state index is 0.708. The van der Waals surface area contributed by atoms with Gasteiger partial charge in [-0.25, -0.2) is 0 Å². The van der Waals surface area contributed by atoms with E-state index in [-0.39, 0.29) is 0 Å². The lowest BCUT2D eigenvalue weighted by Gasteiger charge is -2.45. The third-order valence-corrected chi connectivity index (χ3v) is 5.22. The summed E-state index contributed by atoms with van der Waals surface area (Å²) in [6, 6.07) is 2.26. The first-order valence-electron chi connectivity index (χ1n) is 8.14. The van der Waals surface area contributed by atoms with Gasteiger partial charge in [0.25, 0.3) is 0 Å². The Morgan fingerprint density at radius 3 is 2.50 bits per heavy atom. The zero-order valence-corrected chi connectivity index (χ0v) is 12.8. The van der Waals surface area contributed by atoms with Crippen LogP contribution in [0.25, 0.3) is 0 Å². The Balaban J connectivity index is 1.93. The molecule has 1 aliphatic carbocycles.